The van der Waals surface area contributed by atoms with Crippen molar-refractivity contribution in [2.75, 3.05) is 12.4 Å². The average Bonchev–Trinajstić information content (AvgIpc) is 2.55. The lowest BCUT2D eigenvalue weighted by atomic mass is 10.1. The summed E-state index contributed by atoms with van der Waals surface area (Å²) in [6.07, 6.45) is 1.54. The van der Waals surface area contributed by atoms with Crippen LogP contribution >= 0.6 is 0 Å². The number of ether oxygens (including phenoxy) is 1. The number of anilines is 1. The van der Waals surface area contributed by atoms with Crippen molar-refractivity contribution >= 4 is 17.7 Å². The molecule has 0 bridgehead atoms. The Morgan fingerprint density at radius 1 is 1.22 bits per heavy atom. The highest BCUT2D eigenvalue weighted by Crippen LogP contribution is 2.19. The number of carbonyl (C=O) groups excluding carboxylic acids is 1. The van der Waals surface area contributed by atoms with Crippen molar-refractivity contribution < 1.29 is 9.53 Å². The van der Waals surface area contributed by atoms with Gasteiger partial charge in [-0.2, -0.15) is 5.26 Å². The van der Waals surface area contributed by atoms with Crippen molar-refractivity contribution in [2.45, 2.75) is 13.8 Å². The molecule has 0 atom stereocenters. The Morgan fingerprint density at radius 2 is 2.00 bits per heavy atom. The van der Waals surface area contributed by atoms with Crippen LogP contribution in [0, 0.1) is 25.2 Å². The highest BCUT2D eigenvalue weighted by Gasteiger charge is 2.11. The minimum atomic E-state index is -0.428. The number of hydrogen-bond acceptors (Lipinski definition) is 3. The molecular formula is C19H18N2O2. The number of rotatable bonds is 4. The molecule has 0 radical (unpaired) electrons. The summed E-state index contributed by atoms with van der Waals surface area (Å²) in [6.45, 7) is 3.91. The summed E-state index contributed by atoms with van der Waals surface area (Å²) in [5.74, 6) is 0.244. The molecule has 4 nitrogen and oxygen atoms in total. The molecule has 2 aromatic rings. The van der Waals surface area contributed by atoms with Crippen LogP contribution in [0.2, 0.25) is 0 Å². The van der Waals surface area contributed by atoms with Gasteiger partial charge in [-0.25, -0.2) is 0 Å². The van der Waals surface area contributed by atoms with Gasteiger partial charge in [0.1, 0.15) is 17.4 Å². The lowest BCUT2D eigenvalue weighted by Crippen LogP contribution is -2.14. The fraction of sp³-hybridized carbons (Fsp3) is 0.158. The maximum atomic E-state index is 12.3. The second-order valence-electron chi connectivity index (χ2n) is 5.22. The zero-order valence-electron chi connectivity index (χ0n) is 13.4. The van der Waals surface area contributed by atoms with E-state index < -0.39 is 5.91 Å². The molecule has 0 heterocycles. The van der Waals surface area contributed by atoms with Gasteiger partial charge in [0.2, 0.25) is 0 Å². The number of nitriles is 1. The van der Waals surface area contributed by atoms with E-state index in [9.17, 15) is 10.1 Å². The quantitative estimate of drug-likeness (QED) is 0.689. The number of benzene rings is 2. The molecule has 0 saturated heterocycles. The fourth-order valence-corrected chi connectivity index (χ4v) is 2.19. The van der Waals surface area contributed by atoms with Gasteiger partial charge in [-0.3, -0.25) is 4.79 Å². The number of methoxy groups -OCH3 is 1. The first-order valence-electron chi connectivity index (χ1n) is 7.18. The molecule has 0 aliphatic heterocycles. The van der Waals surface area contributed by atoms with E-state index in [-0.39, 0.29) is 5.57 Å². The molecule has 116 valence electrons. The smallest absolute Gasteiger partial charge is 0.266 e. The number of nitrogens with zero attached hydrogens (tertiary/aromatic N) is 1. The van der Waals surface area contributed by atoms with Gasteiger partial charge < -0.3 is 10.1 Å². The third-order valence-corrected chi connectivity index (χ3v) is 3.40. The Hall–Kier alpha value is -3.06. The summed E-state index contributed by atoms with van der Waals surface area (Å²) in [7, 11) is 1.57. The molecule has 2 rings (SSSR count). The molecule has 23 heavy (non-hydrogen) atoms. The molecule has 0 unspecified atom stereocenters. The van der Waals surface area contributed by atoms with Crippen LogP contribution < -0.4 is 10.1 Å². The standard InChI is InChI=1S/C19H18N2O2/c1-13-7-8-18(14(2)9-13)21-19(22)16(12-20)10-15-5-4-6-17(11-15)23-3/h4-11H,1-3H3,(H,21,22)/b16-10+. The summed E-state index contributed by atoms with van der Waals surface area (Å²) in [5.41, 5.74) is 3.55. The van der Waals surface area contributed by atoms with Crippen LogP contribution in [0.15, 0.2) is 48.0 Å². The Balaban J connectivity index is 2.24. The van der Waals surface area contributed by atoms with Gasteiger partial charge in [-0.15, -0.1) is 0 Å². The van der Waals surface area contributed by atoms with Crippen molar-refractivity contribution in [1.82, 2.24) is 0 Å². The summed E-state index contributed by atoms with van der Waals surface area (Å²) in [6, 6.07) is 14.9. The molecule has 0 fully saturated rings. The fourth-order valence-electron chi connectivity index (χ4n) is 2.19. The highest BCUT2D eigenvalue weighted by molar-refractivity contribution is 6.10. The van der Waals surface area contributed by atoms with E-state index in [0.29, 0.717) is 11.4 Å². The molecule has 0 aliphatic carbocycles. The Bertz CT molecular complexity index is 801. The minimum Gasteiger partial charge on any atom is -0.497 e. The van der Waals surface area contributed by atoms with Crippen LogP contribution in [-0.4, -0.2) is 13.0 Å². The van der Waals surface area contributed by atoms with Gasteiger partial charge in [0, 0.05) is 5.69 Å². The van der Waals surface area contributed by atoms with Crippen molar-refractivity contribution in [1.29, 1.82) is 5.26 Å². The maximum Gasteiger partial charge on any atom is 0.266 e. The molecule has 0 aromatic heterocycles. The van der Waals surface area contributed by atoms with Gasteiger partial charge >= 0.3 is 0 Å². The van der Waals surface area contributed by atoms with Crippen molar-refractivity contribution in [3.8, 4) is 11.8 Å². The minimum absolute atomic E-state index is 0.0400. The third kappa shape index (κ3) is 4.21. The van der Waals surface area contributed by atoms with E-state index in [1.165, 1.54) is 0 Å². The van der Waals surface area contributed by atoms with E-state index in [4.69, 9.17) is 4.74 Å². The second-order valence-corrected chi connectivity index (χ2v) is 5.22. The molecule has 4 heteroatoms. The van der Waals surface area contributed by atoms with Crippen LogP contribution in [0.25, 0.3) is 6.08 Å². The van der Waals surface area contributed by atoms with E-state index >= 15 is 0 Å². The lowest BCUT2D eigenvalue weighted by Gasteiger charge is -2.08. The Kier molecular flexibility index (Phi) is 5.16. The number of nitrogens with one attached hydrogen (secondary N) is 1. The number of aryl methyl sites for hydroxylation is 2. The third-order valence-electron chi connectivity index (χ3n) is 3.40. The van der Waals surface area contributed by atoms with Crippen molar-refractivity contribution in [3.63, 3.8) is 0 Å². The Morgan fingerprint density at radius 3 is 2.65 bits per heavy atom. The molecule has 2 aromatic carbocycles. The number of amides is 1. The van der Waals surface area contributed by atoms with E-state index in [1.807, 2.05) is 50.2 Å². The zero-order valence-corrected chi connectivity index (χ0v) is 13.4. The van der Waals surface area contributed by atoms with Crippen LogP contribution in [0.5, 0.6) is 5.75 Å². The predicted octanol–water partition coefficient (Wildman–Crippen LogP) is 3.86. The van der Waals surface area contributed by atoms with E-state index in [1.54, 1.807) is 25.3 Å². The zero-order chi connectivity index (χ0) is 16.8. The van der Waals surface area contributed by atoms with Crippen LogP contribution in [0.4, 0.5) is 5.69 Å². The maximum absolute atomic E-state index is 12.3. The van der Waals surface area contributed by atoms with Gasteiger partial charge in [-0.1, -0.05) is 29.8 Å². The second kappa shape index (κ2) is 7.28. The number of carbonyl (C=O) groups is 1. The molecule has 0 spiro atoms. The van der Waals surface area contributed by atoms with Crippen LogP contribution in [0.1, 0.15) is 16.7 Å². The van der Waals surface area contributed by atoms with Gasteiger partial charge in [-0.05, 0) is 49.2 Å². The van der Waals surface area contributed by atoms with Crippen molar-refractivity contribution in [2.24, 2.45) is 0 Å². The summed E-state index contributed by atoms with van der Waals surface area (Å²) >= 11 is 0. The molecule has 0 aliphatic rings. The highest BCUT2D eigenvalue weighted by atomic mass is 16.5. The lowest BCUT2D eigenvalue weighted by molar-refractivity contribution is -0.112. The van der Waals surface area contributed by atoms with E-state index in [0.717, 1.165) is 16.7 Å². The SMILES string of the molecule is COc1cccc(/C=C(\C#N)C(=O)Nc2ccc(C)cc2C)c1. The first-order chi connectivity index (χ1) is 11.0. The van der Waals surface area contributed by atoms with Gasteiger partial charge in [0.15, 0.2) is 0 Å². The average molecular weight is 306 g/mol. The molecule has 1 N–H and O–H groups in total. The largest absolute Gasteiger partial charge is 0.497 e. The van der Waals surface area contributed by atoms with Gasteiger partial charge in [0.25, 0.3) is 5.91 Å². The monoisotopic (exact) mass is 306 g/mol. The van der Waals surface area contributed by atoms with Gasteiger partial charge in [0.05, 0.1) is 7.11 Å². The summed E-state index contributed by atoms with van der Waals surface area (Å²) in [4.78, 5) is 12.3. The molecule has 0 saturated carbocycles. The summed E-state index contributed by atoms with van der Waals surface area (Å²) in [5, 5.41) is 12.0. The van der Waals surface area contributed by atoms with Crippen LogP contribution in [0.3, 0.4) is 0 Å². The first-order valence-corrected chi connectivity index (χ1v) is 7.18. The van der Waals surface area contributed by atoms with Crippen LogP contribution in [-0.2, 0) is 4.79 Å². The molecule has 1 amide bonds. The predicted molar refractivity (Wildman–Crippen MR) is 91.1 cm³/mol. The summed E-state index contributed by atoms with van der Waals surface area (Å²) < 4.78 is 5.14. The first kappa shape index (κ1) is 16.3. The Labute approximate surface area is 136 Å². The topological polar surface area (TPSA) is 62.1 Å². The number of hydrogen-bond donors (Lipinski definition) is 1. The van der Waals surface area contributed by atoms with E-state index in [2.05, 4.69) is 5.32 Å². The van der Waals surface area contributed by atoms with Crippen molar-refractivity contribution in [3.05, 3.63) is 64.7 Å². The normalized spacial score (nSPS) is 10.8. The molecular weight excluding hydrogens is 288 g/mol.